The fourth-order valence-corrected chi connectivity index (χ4v) is 1.78. The van der Waals surface area contributed by atoms with Crippen molar-refractivity contribution in [2.45, 2.75) is 46.1 Å². The van der Waals surface area contributed by atoms with Gasteiger partial charge in [0.25, 0.3) is 0 Å². The van der Waals surface area contributed by atoms with Crippen molar-refractivity contribution >= 4 is 5.91 Å². The Balaban J connectivity index is 2.22. The average Bonchev–Trinajstić information content (AvgIpc) is 2.18. The predicted octanol–water partition coefficient (Wildman–Crippen LogP) is 1.54. The summed E-state index contributed by atoms with van der Waals surface area (Å²) < 4.78 is 0. The molecule has 1 fully saturated rings. The van der Waals surface area contributed by atoms with E-state index in [9.17, 15) is 4.79 Å². The van der Waals surface area contributed by atoms with E-state index in [1.165, 1.54) is 0 Å². The molecule has 1 aliphatic rings. The minimum absolute atomic E-state index is 0.225. The van der Waals surface area contributed by atoms with Gasteiger partial charge in [-0.2, -0.15) is 0 Å². The summed E-state index contributed by atoms with van der Waals surface area (Å²) in [4.78, 5) is 11.7. The summed E-state index contributed by atoms with van der Waals surface area (Å²) in [6.07, 6.45) is 2.81. The van der Waals surface area contributed by atoms with Crippen molar-refractivity contribution in [2.24, 2.45) is 11.8 Å². The maximum absolute atomic E-state index is 11.7. The molecule has 1 amide bonds. The lowest BCUT2D eigenvalue weighted by atomic mass is 9.94. The number of carbonyl (C=O) groups is 1. The third kappa shape index (κ3) is 4.65. The third-order valence-corrected chi connectivity index (χ3v) is 3.35. The molecule has 0 radical (unpaired) electrons. The molecule has 15 heavy (non-hydrogen) atoms. The number of carbonyl (C=O) groups excluding carboxylic acids is 1. The SMILES string of the molecule is CC(C)C(C)CC(=O)NC1CCNCC1. The molecule has 1 heterocycles. The van der Waals surface area contributed by atoms with E-state index in [0.717, 1.165) is 25.9 Å². The summed E-state index contributed by atoms with van der Waals surface area (Å²) in [6.45, 7) is 8.55. The number of rotatable bonds is 4. The Morgan fingerprint density at radius 1 is 1.33 bits per heavy atom. The highest BCUT2D eigenvalue weighted by Crippen LogP contribution is 2.14. The van der Waals surface area contributed by atoms with Gasteiger partial charge in [0, 0.05) is 12.5 Å². The van der Waals surface area contributed by atoms with Crippen molar-refractivity contribution in [1.29, 1.82) is 0 Å². The second kappa shape index (κ2) is 6.11. The van der Waals surface area contributed by atoms with E-state index in [-0.39, 0.29) is 5.91 Å². The van der Waals surface area contributed by atoms with Crippen LogP contribution in [0.1, 0.15) is 40.0 Å². The van der Waals surface area contributed by atoms with Crippen LogP contribution in [0.2, 0.25) is 0 Å². The molecule has 1 atom stereocenters. The molecule has 0 aliphatic carbocycles. The Kier molecular flexibility index (Phi) is 5.09. The molecule has 1 unspecified atom stereocenters. The van der Waals surface area contributed by atoms with Crippen LogP contribution in [-0.2, 0) is 4.79 Å². The zero-order valence-electron chi connectivity index (χ0n) is 10.2. The number of amides is 1. The Morgan fingerprint density at radius 3 is 2.47 bits per heavy atom. The number of hydrogen-bond acceptors (Lipinski definition) is 2. The molecule has 0 spiro atoms. The largest absolute Gasteiger partial charge is 0.353 e. The summed E-state index contributed by atoms with van der Waals surface area (Å²) in [5, 5.41) is 6.42. The van der Waals surface area contributed by atoms with Gasteiger partial charge in [-0.1, -0.05) is 20.8 Å². The van der Waals surface area contributed by atoms with Crippen LogP contribution in [0.4, 0.5) is 0 Å². The Morgan fingerprint density at radius 2 is 1.93 bits per heavy atom. The summed E-state index contributed by atoms with van der Waals surface area (Å²) >= 11 is 0. The Labute approximate surface area is 93.0 Å². The van der Waals surface area contributed by atoms with E-state index in [1.807, 2.05) is 0 Å². The lowest BCUT2D eigenvalue weighted by molar-refractivity contribution is -0.123. The minimum Gasteiger partial charge on any atom is -0.353 e. The summed E-state index contributed by atoms with van der Waals surface area (Å²) in [5.74, 6) is 1.29. The number of nitrogens with one attached hydrogen (secondary N) is 2. The molecule has 0 saturated carbocycles. The Hall–Kier alpha value is -0.570. The van der Waals surface area contributed by atoms with Crippen LogP contribution in [0.5, 0.6) is 0 Å². The van der Waals surface area contributed by atoms with Crippen LogP contribution < -0.4 is 10.6 Å². The molecule has 3 nitrogen and oxygen atoms in total. The molecule has 0 aromatic heterocycles. The van der Waals surface area contributed by atoms with Gasteiger partial charge < -0.3 is 10.6 Å². The summed E-state index contributed by atoms with van der Waals surface area (Å²) in [7, 11) is 0. The van der Waals surface area contributed by atoms with Crippen molar-refractivity contribution in [3.8, 4) is 0 Å². The second-order valence-corrected chi connectivity index (χ2v) is 5.02. The quantitative estimate of drug-likeness (QED) is 0.742. The van der Waals surface area contributed by atoms with Crippen LogP contribution >= 0.6 is 0 Å². The zero-order valence-corrected chi connectivity index (χ0v) is 10.2. The first-order valence-corrected chi connectivity index (χ1v) is 6.09. The first-order valence-electron chi connectivity index (χ1n) is 6.09. The first kappa shape index (κ1) is 12.5. The van der Waals surface area contributed by atoms with Gasteiger partial charge in [0.15, 0.2) is 0 Å². The van der Waals surface area contributed by atoms with Crippen LogP contribution in [0.25, 0.3) is 0 Å². The van der Waals surface area contributed by atoms with Crippen molar-refractivity contribution in [3.63, 3.8) is 0 Å². The molecule has 1 rings (SSSR count). The van der Waals surface area contributed by atoms with Gasteiger partial charge in [0.05, 0.1) is 0 Å². The van der Waals surface area contributed by atoms with Gasteiger partial charge >= 0.3 is 0 Å². The van der Waals surface area contributed by atoms with E-state index in [1.54, 1.807) is 0 Å². The lowest BCUT2D eigenvalue weighted by Gasteiger charge is -2.24. The molecular formula is C12H24N2O. The van der Waals surface area contributed by atoms with E-state index < -0.39 is 0 Å². The highest BCUT2D eigenvalue weighted by Gasteiger charge is 2.17. The smallest absolute Gasteiger partial charge is 0.220 e. The van der Waals surface area contributed by atoms with Gasteiger partial charge in [-0.3, -0.25) is 4.79 Å². The molecule has 0 bridgehead atoms. The monoisotopic (exact) mass is 212 g/mol. The van der Waals surface area contributed by atoms with E-state index in [4.69, 9.17) is 0 Å². The van der Waals surface area contributed by atoms with Crippen molar-refractivity contribution in [2.75, 3.05) is 13.1 Å². The maximum atomic E-state index is 11.7. The van der Waals surface area contributed by atoms with E-state index in [2.05, 4.69) is 31.4 Å². The van der Waals surface area contributed by atoms with Crippen molar-refractivity contribution < 1.29 is 4.79 Å². The third-order valence-electron chi connectivity index (χ3n) is 3.35. The summed E-state index contributed by atoms with van der Waals surface area (Å²) in [6, 6.07) is 0.401. The van der Waals surface area contributed by atoms with Crippen LogP contribution in [0.15, 0.2) is 0 Å². The average molecular weight is 212 g/mol. The molecule has 88 valence electrons. The van der Waals surface area contributed by atoms with Gasteiger partial charge in [-0.25, -0.2) is 0 Å². The second-order valence-electron chi connectivity index (χ2n) is 5.02. The van der Waals surface area contributed by atoms with E-state index in [0.29, 0.717) is 24.3 Å². The molecule has 3 heteroatoms. The normalized spacial score (nSPS) is 20.3. The topological polar surface area (TPSA) is 41.1 Å². The maximum Gasteiger partial charge on any atom is 0.220 e. The van der Waals surface area contributed by atoms with Crippen LogP contribution in [0.3, 0.4) is 0 Å². The predicted molar refractivity (Wildman–Crippen MR) is 62.7 cm³/mol. The minimum atomic E-state index is 0.225. The number of hydrogen-bond donors (Lipinski definition) is 2. The van der Waals surface area contributed by atoms with Gasteiger partial charge in [0.1, 0.15) is 0 Å². The number of piperidine rings is 1. The Bertz CT molecular complexity index is 198. The van der Waals surface area contributed by atoms with Gasteiger partial charge in [-0.05, 0) is 37.8 Å². The molecule has 0 aromatic carbocycles. The molecule has 1 saturated heterocycles. The fourth-order valence-electron chi connectivity index (χ4n) is 1.78. The zero-order chi connectivity index (χ0) is 11.3. The standard InChI is InChI=1S/C12H24N2O/c1-9(2)10(3)8-12(15)14-11-4-6-13-7-5-11/h9-11,13H,4-8H2,1-3H3,(H,14,15). The van der Waals surface area contributed by atoms with Gasteiger partial charge in [-0.15, -0.1) is 0 Å². The molecule has 1 aliphatic heterocycles. The highest BCUT2D eigenvalue weighted by molar-refractivity contribution is 5.76. The molecular weight excluding hydrogens is 188 g/mol. The van der Waals surface area contributed by atoms with Gasteiger partial charge in [0.2, 0.25) is 5.91 Å². The van der Waals surface area contributed by atoms with E-state index >= 15 is 0 Å². The first-order chi connectivity index (χ1) is 7.09. The molecule has 2 N–H and O–H groups in total. The van der Waals surface area contributed by atoms with Crippen molar-refractivity contribution in [1.82, 2.24) is 10.6 Å². The van der Waals surface area contributed by atoms with Crippen molar-refractivity contribution in [3.05, 3.63) is 0 Å². The van der Waals surface area contributed by atoms with Crippen LogP contribution in [0, 0.1) is 11.8 Å². The lowest BCUT2D eigenvalue weighted by Crippen LogP contribution is -2.43. The highest BCUT2D eigenvalue weighted by atomic mass is 16.1. The van der Waals surface area contributed by atoms with Crippen LogP contribution in [-0.4, -0.2) is 25.0 Å². The fraction of sp³-hybridized carbons (Fsp3) is 0.917. The summed E-state index contributed by atoms with van der Waals surface area (Å²) in [5.41, 5.74) is 0. The molecule has 0 aromatic rings.